The number of aryl methyl sites for hydroxylation is 1. The van der Waals surface area contributed by atoms with Gasteiger partial charge in [0.15, 0.2) is 0 Å². The molecule has 4 heteroatoms. The van der Waals surface area contributed by atoms with Crippen molar-refractivity contribution in [3.8, 4) is 0 Å². The zero-order valence-electron chi connectivity index (χ0n) is 11.9. The Balaban J connectivity index is 2.03. The van der Waals surface area contributed by atoms with Crippen molar-refractivity contribution >= 4 is 0 Å². The summed E-state index contributed by atoms with van der Waals surface area (Å²) < 4.78 is 7.56. The topological polar surface area (TPSA) is 57.0 Å². The lowest BCUT2D eigenvalue weighted by Gasteiger charge is -2.22. The van der Waals surface area contributed by atoms with Crippen LogP contribution in [-0.4, -0.2) is 9.55 Å². The van der Waals surface area contributed by atoms with Crippen LogP contribution in [-0.2, 0) is 6.42 Å². The Kier molecular flexibility index (Phi) is 4.43. The fourth-order valence-corrected chi connectivity index (χ4v) is 2.23. The van der Waals surface area contributed by atoms with Crippen molar-refractivity contribution in [1.29, 1.82) is 0 Å². The van der Waals surface area contributed by atoms with E-state index in [-0.39, 0.29) is 6.04 Å². The molecule has 0 saturated carbocycles. The minimum Gasteiger partial charge on any atom is -0.469 e. The highest BCUT2D eigenvalue weighted by Crippen LogP contribution is 2.23. The molecule has 2 unspecified atom stereocenters. The summed E-state index contributed by atoms with van der Waals surface area (Å²) in [5, 5.41) is 0. The maximum Gasteiger partial charge on any atom is 0.103 e. The van der Waals surface area contributed by atoms with Gasteiger partial charge in [-0.05, 0) is 31.4 Å². The summed E-state index contributed by atoms with van der Waals surface area (Å²) in [7, 11) is 0. The molecule has 19 heavy (non-hydrogen) atoms. The number of hydrogen-bond acceptors (Lipinski definition) is 3. The van der Waals surface area contributed by atoms with Crippen LogP contribution in [0.5, 0.6) is 0 Å². The molecule has 4 nitrogen and oxygen atoms in total. The van der Waals surface area contributed by atoms with Crippen LogP contribution in [0.1, 0.15) is 50.7 Å². The molecule has 0 aliphatic rings. The van der Waals surface area contributed by atoms with Gasteiger partial charge in [-0.1, -0.05) is 13.8 Å². The Hall–Kier alpha value is -1.55. The van der Waals surface area contributed by atoms with Crippen molar-refractivity contribution in [2.45, 2.75) is 45.7 Å². The SMILES string of the molecule is CC(C)C(N)c1cncn1C(C)CCc1ccco1. The summed E-state index contributed by atoms with van der Waals surface area (Å²) in [4.78, 5) is 4.25. The van der Waals surface area contributed by atoms with E-state index in [0.29, 0.717) is 12.0 Å². The minimum atomic E-state index is 0.0357. The van der Waals surface area contributed by atoms with E-state index in [1.54, 1.807) is 6.26 Å². The van der Waals surface area contributed by atoms with Gasteiger partial charge < -0.3 is 14.7 Å². The Bertz CT molecular complexity index is 487. The molecular weight excluding hydrogens is 238 g/mol. The van der Waals surface area contributed by atoms with Crippen molar-refractivity contribution in [1.82, 2.24) is 9.55 Å². The monoisotopic (exact) mass is 261 g/mol. The molecule has 0 bridgehead atoms. The summed E-state index contributed by atoms with van der Waals surface area (Å²) in [6, 6.07) is 4.35. The van der Waals surface area contributed by atoms with Gasteiger partial charge in [0.25, 0.3) is 0 Å². The second kappa shape index (κ2) is 6.06. The maximum atomic E-state index is 6.23. The molecule has 0 radical (unpaired) electrons. The largest absolute Gasteiger partial charge is 0.469 e. The summed E-state index contributed by atoms with van der Waals surface area (Å²) >= 11 is 0. The molecule has 0 fully saturated rings. The molecule has 2 heterocycles. The number of aromatic nitrogens is 2. The van der Waals surface area contributed by atoms with Gasteiger partial charge in [-0.2, -0.15) is 0 Å². The number of rotatable bonds is 6. The average molecular weight is 261 g/mol. The Morgan fingerprint density at radius 1 is 1.37 bits per heavy atom. The number of imidazole rings is 1. The van der Waals surface area contributed by atoms with Crippen LogP contribution in [0.3, 0.4) is 0 Å². The van der Waals surface area contributed by atoms with E-state index in [2.05, 4.69) is 30.3 Å². The number of nitrogens with two attached hydrogens (primary N) is 1. The van der Waals surface area contributed by atoms with E-state index in [1.165, 1.54) is 0 Å². The van der Waals surface area contributed by atoms with E-state index >= 15 is 0 Å². The summed E-state index contributed by atoms with van der Waals surface area (Å²) in [5.41, 5.74) is 7.35. The molecule has 2 N–H and O–H groups in total. The van der Waals surface area contributed by atoms with E-state index in [0.717, 1.165) is 24.3 Å². The first kappa shape index (κ1) is 13.9. The predicted octanol–water partition coefficient (Wildman–Crippen LogP) is 3.33. The van der Waals surface area contributed by atoms with Gasteiger partial charge in [-0.3, -0.25) is 0 Å². The van der Waals surface area contributed by atoms with E-state index in [1.807, 2.05) is 24.7 Å². The third kappa shape index (κ3) is 3.26. The van der Waals surface area contributed by atoms with Crippen molar-refractivity contribution < 1.29 is 4.42 Å². The average Bonchev–Trinajstić information content (AvgIpc) is 3.05. The first-order valence-electron chi connectivity index (χ1n) is 6.89. The highest BCUT2D eigenvalue weighted by Gasteiger charge is 2.18. The molecule has 2 atom stereocenters. The second-order valence-electron chi connectivity index (χ2n) is 5.46. The number of nitrogens with zero attached hydrogens (tertiary/aromatic N) is 2. The molecule has 0 saturated heterocycles. The van der Waals surface area contributed by atoms with Crippen LogP contribution in [0, 0.1) is 5.92 Å². The van der Waals surface area contributed by atoms with Crippen LogP contribution >= 0.6 is 0 Å². The molecule has 104 valence electrons. The maximum absolute atomic E-state index is 6.23. The lowest BCUT2D eigenvalue weighted by atomic mass is 10.0. The van der Waals surface area contributed by atoms with Crippen molar-refractivity contribution in [3.63, 3.8) is 0 Å². The normalized spacial score (nSPS) is 14.8. The smallest absolute Gasteiger partial charge is 0.103 e. The van der Waals surface area contributed by atoms with Gasteiger partial charge in [-0.25, -0.2) is 4.98 Å². The first-order chi connectivity index (χ1) is 9.09. The highest BCUT2D eigenvalue weighted by molar-refractivity contribution is 5.07. The summed E-state index contributed by atoms with van der Waals surface area (Å²) in [6.45, 7) is 6.46. The van der Waals surface area contributed by atoms with E-state index in [4.69, 9.17) is 10.2 Å². The van der Waals surface area contributed by atoms with Crippen LogP contribution in [0.4, 0.5) is 0 Å². The van der Waals surface area contributed by atoms with E-state index in [9.17, 15) is 0 Å². The number of furan rings is 1. The van der Waals surface area contributed by atoms with Crippen molar-refractivity contribution in [2.75, 3.05) is 0 Å². The van der Waals surface area contributed by atoms with Crippen molar-refractivity contribution in [3.05, 3.63) is 42.4 Å². The van der Waals surface area contributed by atoms with E-state index < -0.39 is 0 Å². The summed E-state index contributed by atoms with van der Waals surface area (Å²) in [6.07, 6.45) is 7.43. The number of hydrogen-bond donors (Lipinski definition) is 1. The van der Waals surface area contributed by atoms with Crippen molar-refractivity contribution in [2.24, 2.45) is 11.7 Å². The third-order valence-corrected chi connectivity index (χ3v) is 3.62. The van der Waals surface area contributed by atoms with Crippen LogP contribution < -0.4 is 5.73 Å². The zero-order chi connectivity index (χ0) is 13.8. The molecule has 2 aromatic rings. The Morgan fingerprint density at radius 3 is 2.79 bits per heavy atom. The van der Waals surface area contributed by atoms with Gasteiger partial charge in [0.1, 0.15) is 5.76 Å². The van der Waals surface area contributed by atoms with Gasteiger partial charge >= 0.3 is 0 Å². The third-order valence-electron chi connectivity index (χ3n) is 3.62. The van der Waals surface area contributed by atoms with Crippen LogP contribution in [0.25, 0.3) is 0 Å². The quantitative estimate of drug-likeness (QED) is 0.867. The molecule has 2 aromatic heterocycles. The summed E-state index contributed by atoms with van der Waals surface area (Å²) in [5.74, 6) is 1.44. The highest BCUT2D eigenvalue weighted by atomic mass is 16.3. The predicted molar refractivity (Wildman–Crippen MR) is 75.7 cm³/mol. The second-order valence-corrected chi connectivity index (χ2v) is 5.46. The van der Waals surface area contributed by atoms with Crippen LogP contribution in [0.2, 0.25) is 0 Å². The lowest BCUT2D eigenvalue weighted by Crippen LogP contribution is -2.22. The Morgan fingerprint density at radius 2 is 2.16 bits per heavy atom. The molecule has 0 aliphatic carbocycles. The van der Waals surface area contributed by atoms with Gasteiger partial charge in [-0.15, -0.1) is 0 Å². The molecule has 0 aromatic carbocycles. The molecule has 0 aliphatic heterocycles. The first-order valence-corrected chi connectivity index (χ1v) is 6.89. The fraction of sp³-hybridized carbons (Fsp3) is 0.533. The zero-order valence-corrected chi connectivity index (χ0v) is 11.9. The molecule has 0 spiro atoms. The molecular formula is C15H23N3O. The van der Waals surface area contributed by atoms with Crippen LogP contribution in [0.15, 0.2) is 35.3 Å². The minimum absolute atomic E-state index is 0.0357. The Labute approximate surface area is 114 Å². The molecule has 2 rings (SSSR count). The van der Waals surface area contributed by atoms with Gasteiger partial charge in [0, 0.05) is 24.7 Å². The van der Waals surface area contributed by atoms with Gasteiger partial charge in [0.2, 0.25) is 0 Å². The molecule has 0 amide bonds. The van der Waals surface area contributed by atoms with Gasteiger partial charge in [0.05, 0.1) is 18.3 Å². The lowest BCUT2D eigenvalue weighted by molar-refractivity contribution is 0.417. The standard InChI is InChI=1S/C15H23N3O/c1-11(2)15(16)14-9-17-10-18(14)12(3)6-7-13-5-4-8-19-13/h4-5,8-12,15H,6-7,16H2,1-3H3. The fourth-order valence-electron chi connectivity index (χ4n) is 2.23.